The van der Waals surface area contributed by atoms with Crippen LogP contribution in [-0.4, -0.2) is 42.6 Å². The topological polar surface area (TPSA) is 68.5 Å². The van der Waals surface area contributed by atoms with E-state index in [4.69, 9.17) is 22.1 Å². The maximum Gasteiger partial charge on any atom is 0.273 e. The molecule has 17 heavy (non-hydrogen) atoms. The molecule has 1 heterocycles. The fraction of sp³-hybridized carbons (Fsp3) is 0.455. The van der Waals surface area contributed by atoms with E-state index >= 15 is 0 Å². The lowest BCUT2D eigenvalue weighted by Crippen LogP contribution is -2.31. The second-order valence-corrected chi connectivity index (χ2v) is 3.90. The van der Waals surface area contributed by atoms with Gasteiger partial charge in [0.05, 0.1) is 11.6 Å². The van der Waals surface area contributed by atoms with Gasteiger partial charge >= 0.3 is 0 Å². The third-order valence-electron chi connectivity index (χ3n) is 2.19. The molecular formula is C11H16ClN3O2. The zero-order valence-corrected chi connectivity index (χ0v) is 10.7. The Balaban J connectivity index is 2.71. The number of ether oxygens (including phenoxy) is 1. The average molecular weight is 258 g/mol. The van der Waals surface area contributed by atoms with E-state index in [1.807, 2.05) is 6.92 Å². The molecule has 0 aliphatic heterocycles. The van der Waals surface area contributed by atoms with Crippen LogP contribution < -0.4 is 5.73 Å². The third kappa shape index (κ3) is 3.87. The molecule has 1 amide bonds. The van der Waals surface area contributed by atoms with E-state index in [1.54, 1.807) is 19.2 Å². The largest absolute Gasteiger partial charge is 0.384 e. The predicted molar refractivity (Wildman–Crippen MR) is 67.1 cm³/mol. The molecule has 0 saturated heterocycles. The summed E-state index contributed by atoms with van der Waals surface area (Å²) in [5, 5.41) is 0.299. The van der Waals surface area contributed by atoms with Crippen LogP contribution in [-0.2, 0) is 4.74 Å². The maximum absolute atomic E-state index is 12.0. The summed E-state index contributed by atoms with van der Waals surface area (Å²) in [4.78, 5) is 17.4. The minimum absolute atomic E-state index is 0.172. The van der Waals surface area contributed by atoms with E-state index in [9.17, 15) is 4.79 Å². The summed E-state index contributed by atoms with van der Waals surface area (Å²) in [6, 6.07) is 3.12. The molecular weight excluding hydrogens is 242 g/mol. The number of nitrogen functional groups attached to an aromatic ring is 1. The number of aromatic nitrogens is 1. The van der Waals surface area contributed by atoms with Crippen molar-refractivity contribution in [3.8, 4) is 0 Å². The summed E-state index contributed by atoms with van der Waals surface area (Å²) in [6.45, 7) is 3.50. The Labute approximate surface area is 106 Å². The minimum atomic E-state index is -0.262. The van der Waals surface area contributed by atoms with Crippen molar-refractivity contribution in [3.63, 3.8) is 0 Å². The van der Waals surface area contributed by atoms with Gasteiger partial charge in [0.15, 0.2) is 0 Å². The number of carbonyl (C=O) groups excluding carboxylic acids is 1. The number of likely N-dealkylation sites (N-methyl/N-ethyl adjacent to an activating group) is 1. The van der Waals surface area contributed by atoms with Gasteiger partial charge in [-0.15, -0.1) is 0 Å². The molecule has 0 aliphatic carbocycles. The zero-order chi connectivity index (χ0) is 12.8. The van der Waals surface area contributed by atoms with Crippen LogP contribution in [0.2, 0.25) is 5.02 Å². The highest BCUT2D eigenvalue weighted by Gasteiger charge is 2.16. The van der Waals surface area contributed by atoms with Crippen molar-refractivity contribution in [2.45, 2.75) is 6.92 Å². The van der Waals surface area contributed by atoms with E-state index < -0.39 is 0 Å². The molecule has 1 aromatic rings. The van der Waals surface area contributed by atoms with Crippen LogP contribution in [0.1, 0.15) is 17.4 Å². The molecule has 5 nitrogen and oxygen atoms in total. The van der Waals surface area contributed by atoms with Crippen molar-refractivity contribution in [2.24, 2.45) is 0 Å². The monoisotopic (exact) mass is 257 g/mol. The van der Waals surface area contributed by atoms with E-state index in [0.29, 0.717) is 24.8 Å². The number of rotatable bonds is 5. The van der Waals surface area contributed by atoms with Crippen LogP contribution in [0.5, 0.6) is 0 Å². The van der Waals surface area contributed by atoms with E-state index in [2.05, 4.69) is 4.98 Å². The van der Waals surface area contributed by atoms with Crippen molar-refractivity contribution in [1.82, 2.24) is 9.88 Å². The van der Waals surface area contributed by atoms with Gasteiger partial charge in [0, 0.05) is 20.2 Å². The van der Waals surface area contributed by atoms with Gasteiger partial charge < -0.3 is 15.4 Å². The Morgan fingerprint density at radius 1 is 1.59 bits per heavy atom. The second kappa shape index (κ2) is 6.42. The first-order valence-electron chi connectivity index (χ1n) is 5.31. The van der Waals surface area contributed by atoms with Crippen molar-refractivity contribution >= 4 is 23.3 Å². The van der Waals surface area contributed by atoms with Gasteiger partial charge in [-0.25, -0.2) is 4.98 Å². The normalized spacial score (nSPS) is 10.3. The first kappa shape index (κ1) is 13.7. The first-order chi connectivity index (χ1) is 8.06. The molecule has 0 aromatic carbocycles. The Bertz CT molecular complexity index is 398. The quantitative estimate of drug-likeness (QED) is 0.810. The molecule has 0 saturated carbocycles. The number of nitrogens with two attached hydrogens (primary N) is 1. The highest BCUT2D eigenvalue weighted by molar-refractivity contribution is 6.33. The molecule has 0 spiro atoms. The van der Waals surface area contributed by atoms with Crippen LogP contribution in [0.15, 0.2) is 12.1 Å². The number of anilines is 1. The van der Waals surface area contributed by atoms with Crippen LogP contribution >= 0.6 is 11.6 Å². The number of pyridine rings is 1. The number of carbonyl (C=O) groups is 1. The number of hydrogen-bond acceptors (Lipinski definition) is 4. The van der Waals surface area contributed by atoms with Crippen molar-refractivity contribution in [2.75, 3.05) is 32.5 Å². The standard InChI is InChI=1S/C11H16ClN3O2/c1-3-17-7-6-15(2)11(16)10-8(12)4-5-9(13)14-10/h4-5H,3,6-7H2,1-2H3,(H2,13,14). The fourth-order valence-corrected chi connectivity index (χ4v) is 1.42. The van der Waals surface area contributed by atoms with Crippen LogP contribution in [0.3, 0.4) is 0 Å². The number of amides is 1. The summed E-state index contributed by atoms with van der Waals surface area (Å²) in [5.41, 5.74) is 5.69. The summed E-state index contributed by atoms with van der Waals surface area (Å²) in [7, 11) is 1.67. The lowest BCUT2D eigenvalue weighted by Gasteiger charge is -2.17. The van der Waals surface area contributed by atoms with Gasteiger partial charge in [0.25, 0.3) is 5.91 Å². The van der Waals surface area contributed by atoms with Gasteiger partial charge in [-0.2, -0.15) is 0 Å². The molecule has 6 heteroatoms. The zero-order valence-electron chi connectivity index (χ0n) is 9.94. The van der Waals surface area contributed by atoms with Gasteiger partial charge in [0.2, 0.25) is 0 Å². The Hall–Kier alpha value is -1.33. The molecule has 0 unspecified atom stereocenters. The number of halogens is 1. The molecule has 0 fully saturated rings. The van der Waals surface area contributed by atoms with Gasteiger partial charge in [0.1, 0.15) is 11.5 Å². The summed E-state index contributed by atoms with van der Waals surface area (Å²) >= 11 is 5.90. The first-order valence-corrected chi connectivity index (χ1v) is 5.69. The van der Waals surface area contributed by atoms with Crippen LogP contribution in [0.4, 0.5) is 5.82 Å². The number of hydrogen-bond donors (Lipinski definition) is 1. The summed E-state index contributed by atoms with van der Waals surface area (Å²) < 4.78 is 5.17. The Kier molecular flexibility index (Phi) is 5.18. The van der Waals surface area contributed by atoms with E-state index in [-0.39, 0.29) is 17.4 Å². The molecule has 0 bridgehead atoms. The van der Waals surface area contributed by atoms with Gasteiger partial charge in [-0.05, 0) is 19.1 Å². The van der Waals surface area contributed by atoms with Crippen molar-refractivity contribution in [3.05, 3.63) is 22.8 Å². The summed E-state index contributed by atoms with van der Waals surface area (Å²) in [5.74, 6) is 0.0120. The summed E-state index contributed by atoms with van der Waals surface area (Å²) in [6.07, 6.45) is 0. The van der Waals surface area contributed by atoms with Crippen LogP contribution in [0.25, 0.3) is 0 Å². The van der Waals surface area contributed by atoms with Crippen molar-refractivity contribution in [1.29, 1.82) is 0 Å². The highest BCUT2D eigenvalue weighted by atomic mass is 35.5. The molecule has 2 N–H and O–H groups in total. The van der Waals surface area contributed by atoms with Crippen molar-refractivity contribution < 1.29 is 9.53 Å². The SMILES string of the molecule is CCOCCN(C)C(=O)c1nc(N)ccc1Cl. The molecule has 0 aliphatic rings. The minimum Gasteiger partial charge on any atom is -0.384 e. The second-order valence-electron chi connectivity index (χ2n) is 3.49. The Morgan fingerprint density at radius 3 is 2.94 bits per heavy atom. The van der Waals surface area contributed by atoms with Gasteiger partial charge in [-0.3, -0.25) is 4.79 Å². The molecule has 1 rings (SSSR count). The van der Waals surface area contributed by atoms with E-state index in [0.717, 1.165) is 0 Å². The molecule has 0 atom stereocenters. The highest BCUT2D eigenvalue weighted by Crippen LogP contribution is 2.16. The Morgan fingerprint density at radius 2 is 2.29 bits per heavy atom. The van der Waals surface area contributed by atoms with Crippen LogP contribution in [0, 0.1) is 0 Å². The maximum atomic E-state index is 12.0. The number of nitrogens with zero attached hydrogens (tertiary/aromatic N) is 2. The average Bonchev–Trinajstić information content (AvgIpc) is 2.31. The third-order valence-corrected chi connectivity index (χ3v) is 2.50. The molecule has 0 radical (unpaired) electrons. The lowest BCUT2D eigenvalue weighted by molar-refractivity contribution is 0.0705. The van der Waals surface area contributed by atoms with Gasteiger partial charge in [-0.1, -0.05) is 11.6 Å². The lowest BCUT2D eigenvalue weighted by atomic mass is 10.3. The fourth-order valence-electron chi connectivity index (χ4n) is 1.24. The van der Waals surface area contributed by atoms with E-state index in [1.165, 1.54) is 4.90 Å². The smallest absolute Gasteiger partial charge is 0.273 e. The predicted octanol–water partition coefficient (Wildman–Crippen LogP) is 1.43. The molecule has 94 valence electrons. The molecule has 1 aromatic heterocycles.